The SMILES string of the molecule is CC(C)(C)OC(=O)NC1CCN(c2ncc(-c3ccc(C(=O)NOC4CCCCCO4)cc3)c(-c3ccc(C#N)c(F)c3)c2C#N)CC1. The number of carbonyl (C=O) groups is 2. The number of rotatable bonds is 7. The number of nitriles is 2. The second-order valence-electron chi connectivity index (χ2n) is 12.8. The van der Waals surface area contributed by atoms with Crippen molar-refractivity contribution in [3.63, 3.8) is 0 Å². The lowest BCUT2D eigenvalue weighted by Crippen LogP contribution is -2.46. The minimum Gasteiger partial charge on any atom is -0.444 e. The Balaban J connectivity index is 1.41. The maximum Gasteiger partial charge on any atom is 0.407 e. The number of alkyl carbamates (subject to hydrolysis) is 1. The maximum absolute atomic E-state index is 14.9. The number of hydrogen-bond acceptors (Lipinski definition) is 9. The molecule has 1 aromatic heterocycles. The Morgan fingerprint density at radius 3 is 2.40 bits per heavy atom. The van der Waals surface area contributed by atoms with Crippen molar-refractivity contribution in [3.05, 3.63) is 71.2 Å². The standard InChI is InChI=1S/C36H39FN6O5/c1-36(2,3)47-35(45)41-27-14-16-43(17-15-27)33-28(21-39)32(25-12-13-26(20-38)30(37)19-25)29(22-40-33)23-8-10-24(11-9-23)34(44)42-48-31-7-5-4-6-18-46-31/h8-13,19,22,27,31H,4-7,14-18H2,1-3H3,(H,41,45)(H,42,44). The average Bonchev–Trinajstić information content (AvgIpc) is 3.35. The van der Waals surface area contributed by atoms with Gasteiger partial charge in [-0.1, -0.05) is 24.6 Å². The Hall–Kier alpha value is -5.04. The molecule has 3 aromatic rings. The number of aromatic nitrogens is 1. The van der Waals surface area contributed by atoms with Crippen molar-refractivity contribution in [2.75, 3.05) is 24.6 Å². The van der Waals surface area contributed by atoms with Gasteiger partial charge in [-0.2, -0.15) is 10.5 Å². The number of halogens is 1. The highest BCUT2D eigenvalue weighted by Crippen LogP contribution is 2.39. The number of piperidine rings is 1. The van der Waals surface area contributed by atoms with Crippen LogP contribution in [0.25, 0.3) is 22.3 Å². The summed E-state index contributed by atoms with van der Waals surface area (Å²) in [5.74, 6) is -0.702. The van der Waals surface area contributed by atoms with Gasteiger partial charge in [0.05, 0.1) is 5.56 Å². The number of benzene rings is 2. The molecule has 1 atom stereocenters. The van der Waals surface area contributed by atoms with Crippen LogP contribution in [0.1, 0.15) is 80.8 Å². The van der Waals surface area contributed by atoms with E-state index in [0.717, 1.165) is 19.3 Å². The Morgan fingerprint density at radius 2 is 1.73 bits per heavy atom. The molecule has 2 aliphatic rings. The van der Waals surface area contributed by atoms with Gasteiger partial charge in [0.1, 0.15) is 34.9 Å². The van der Waals surface area contributed by atoms with E-state index in [0.29, 0.717) is 72.6 Å². The van der Waals surface area contributed by atoms with Gasteiger partial charge in [-0.3, -0.25) is 4.79 Å². The van der Waals surface area contributed by atoms with Crippen LogP contribution in [0.15, 0.2) is 48.7 Å². The lowest BCUT2D eigenvalue weighted by Gasteiger charge is -2.34. The molecule has 0 spiro atoms. The Labute approximate surface area is 279 Å². The highest BCUT2D eigenvalue weighted by molar-refractivity contribution is 5.95. The molecule has 0 aliphatic carbocycles. The molecular weight excluding hydrogens is 615 g/mol. The molecule has 0 saturated carbocycles. The monoisotopic (exact) mass is 654 g/mol. The summed E-state index contributed by atoms with van der Waals surface area (Å²) < 4.78 is 25.9. The normalized spacial score (nSPS) is 17.0. The van der Waals surface area contributed by atoms with Crippen molar-refractivity contribution in [2.24, 2.45) is 0 Å². The molecular formula is C36H39FN6O5. The van der Waals surface area contributed by atoms with Gasteiger partial charge in [-0.15, -0.1) is 0 Å². The number of ether oxygens (including phenoxy) is 2. The van der Waals surface area contributed by atoms with Gasteiger partial charge in [0, 0.05) is 55.0 Å². The lowest BCUT2D eigenvalue weighted by molar-refractivity contribution is -0.167. The third-order valence-corrected chi connectivity index (χ3v) is 8.19. The third-order valence-electron chi connectivity index (χ3n) is 8.19. The van der Waals surface area contributed by atoms with Crippen LogP contribution in [-0.2, 0) is 14.3 Å². The molecule has 2 saturated heterocycles. The summed E-state index contributed by atoms with van der Waals surface area (Å²) in [6.07, 6.45) is 5.55. The van der Waals surface area contributed by atoms with Crippen LogP contribution in [0.5, 0.6) is 0 Å². The number of anilines is 1. The zero-order valence-corrected chi connectivity index (χ0v) is 27.3. The quantitative estimate of drug-likeness (QED) is 0.277. The molecule has 48 heavy (non-hydrogen) atoms. The fourth-order valence-electron chi connectivity index (χ4n) is 5.80. The maximum atomic E-state index is 14.9. The van der Waals surface area contributed by atoms with Crippen molar-refractivity contribution in [3.8, 4) is 34.4 Å². The van der Waals surface area contributed by atoms with Gasteiger partial charge < -0.3 is 19.7 Å². The molecule has 11 nitrogen and oxygen atoms in total. The number of hydrogen-bond donors (Lipinski definition) is 2. The topological polar surface area (TPSA) is 150 Å². The van der Waals surface area contributed by atoms with Crippen LogP contribution in [0.3, 0.4) is 0 Å². The van der Waals surface area contributed by atoms with E-state index in [4.69, 9.17) is 19.3 Å². The first-order chi connectivity index (χ1) is 23.1. The minimum absolute atomic E-state index is 0.103. The summed E-state index contributed by atoms with van der Waals surface area (Å²) in [6.45, 7) is 7.03. The first kappa shape index (κ1) is 34.3. The first-order valence-electron chi connectivity index (χ1n) is 16.1. The molecule has 0 bridgehead atoms. The minimum atomic E-state index is -0.707. The predicted molar refractivity (Wildman–Crippen MR) is 176 cm³/mol. The predicted octanol–water partition coefficient (Wildman–Crippen LogP) is 6.37. The Morgan fingerprint density at radius 1 is 1.00 bits per heavy atom. The summed E-state index contributed by atoms with van der Waals surface area (Å²) in [5, 5.41) is 22.7. The van der Waals surface area contributed by atoms with Gasteiger partial charge in [0.15, 0.2) is 6.29 Å². The summed E-state index contributed by atoms with van der Waals surface area (Å²) in [4.78, 5) is 37.3. The molecule has 2 aromatic carbocycles. The van der Waals surface area contributed by atoms with Crippen molar-refractivity contribution >= 4 is 17.8 Å². The Kier molecular flexibility index (Phi) is 10.9. The molecule has 250 valence electrons. The summed E-state index contributed by atoms with van der Waals surface area (Å²) in [7, 11) is 0. The Bertz CT molecular complexity index is 1710. The number of amides is 2. The summed E-state index contributed by atoms with van der Waals surface area (Å²) >= 11 is 0. The fourth-order valence-corrected chi connectivity index (χ4v) is 5.80. The van der Waals surface area contributed by atoms with E-state index in [-0.39, 0.29) is 17.2 Å². The molecule has 2 N–H and O–H groups in total. The summed E-state index contributed by atoms with van der Waals surface area (Å²) in [5.41, 5.74) is 4.41. The van der Waals surface area contributed by atoms with E-state index >= 15 is 0 Å². The summed E-state index contributed by atoms with van der Waals surface area (Å²) in [6, 6.07) is 15.0. The average molecular weight is 655 g/mol. The highest BCUT2D eigenvalue weighted by Gasteiger charge is 2.28. The number of nitrogens with zero attached hydrogens (tertiary/aromatic N) is 4. The zero-order valence-electron chi connectivity index (χ0n) is 27.3. The van der Waals surface area contributed by atoms with Gasteiger partial charge in [0.2, 0.25) is 0 Å². The van der Waals surface area contributed by atoms with Crippen LogP contribution in [-0.4, -0.2) is 54.6 Å². The smallest absolute Gasteiger partial charge is 0.407 e. The van der Waals surface area contributed by atoms with Crippen molar-refractivity contribution in [2.45, 2.75) is 77.2 Å². The first-order valence-corrected chi connectivity index (χ1v) is 16.1. The van der Waals surface area contributed by atoms with Gasteiger partial charge in [0.25, 0.3) is 5.91 Å². The van der Waals surface area contributed by atoms with E-state index in [1.165, 1.54) is 12.1 Å². The largest absolute Gasteiger partial charge is 0.444 e. The van der Waals surface area contributed by atoms with E-state index in [2.05, 4.69) is 16.9 Å². The van der Waals surface area contributed by atoms with E-state index < -0.39 is 29.7 Å². The van der Waals surface area contributed by atoms with E-state index in [9.17, 15) is 24.5 Å². The van der Waals surface area contributed by atoms with Crippen molar-refractivity contribution < 1.29 is 28.3 Å². The van der Waals surface area contributed by atoms with Crippen molar-refractivity contribution in [1.29, 1.82) is 10.5 Å². The van der Waals surface area contributed by atoms with Gasteiger partial charge in [-0.25, -0.2) is 24.5 Å². The number of carbonyl (C=O) groups excluding carboxylic acids is 2. The van der Waals surface area contributed by atoms with Crippen molar-refractivity contribution in [1.82, 2.24) is 15.8 Å². The van der Waals surface area contributed by atoms with Crippen LogP contribution < -0.4 is 15.7 Å². The number of nitrogens with one attached hydrogen (secondary N) is 2. The number of hydroxylamine groups is 1. The van der Waals surface area contributed by atoms with Crippen LogP contribution in [0.2, 0.25) is 0 Å². The van der Waals surface area contributed by atoms with Crippen LogP contribution in [0, 0.1) is 28.5 Å². The molecule has 3 heterocycles. The molecule has 12 heteroatoms. The highest BCUT2D eigenvalue weighted by atomic mass is 19.1. The molecule has 0 radical (unpaired) electrons. The molecule has 2 fully saturated rings. The van der Waals surface area contributed by atoms with Crippen LogP contribution in [0.4, 0.5) is 15.0 Å². The zero-order chi connectivity index (χ0) is 34.3. The molecule has 2 amide bonds. The molecule has 5 rings (SSSR count). The number of pyridine rings is 1. The van der Waals surface area contributed by atoms with Gasteiger partial charge in [-0.05, 0) is 81.8 Å². The fraction of sp³-hybridized carbons (Fsp3) is 0.417. The molecule has 1 unspecified atom stereocenters. The van der Waals surface area contributed by atoms with Crippen LogP contribution >= 0.6 is 0 Å². The molecule has 2 aliphatic heterocycles. The van der Waals surface area contributed by atoms with E-state index in [1.807, 2.05) is 11.0 Å². The third kappa shape index (κ3) is 8.45. The lowest BCUT2D eigenvalue weighted by atomic mass is 9.91. The van der Waals surface area contributed by atoms with E-state index in [1.54, 1.807) is 57.3 Å². The second-order valence-corrected chi connectivity index (χ2v) is 12.8. The second kappa shape index (κ2) is 15.2. The van der Waals surface area contributed by atoms with Gasteiger partial charge >= 0.3 is 6.09 Å².